The van der Waals surface area contributed by atoms with E-state index in [-0.39, 0.29) is 20.9 Å². The number of sulfonamides is 1. The molecule has 1 fully saturated rings. The largest absolute Gasteiger partial charge is 0.385 e. The van der Waals surface area contributed by atoms with E-state index in [2.05, 4.69) is 0 Å². The highest BCUT2D eigenvalue weighted by Gasteiger charge is 2.34. The molecule has 0 aromatic carbocycles. The zero-order valence-electron chi connectivity index (χ0n) is 10.4. The van der Waals surface area contributed by atoms with Crippen molar-refractivity contribution in [3.8, 4) is 0 Å². The maximum Gasteiger partial charge on any atom is 0.304 e. The van der Waals surface area contributed by atoms with Gasteiger partial charge in [-0.05, 0) is 19.8 Å². The van der Waals surface area contributed by atoms with E-state index in [4.69, 9.17) is 5.73 Å². The van der Waals surface area contributed by atoms with Crippen LogP contribution in [0.1, 0.15) is 26.2 Å². The van der Waals surface area contributed by atoms with Crippen molar-refractivity contribution in [1.82, 2.24) is 4.31 Å². The Hall–Kier alpha value is -1.19. The van der Waals surface area contributed by atoms with Gasteiger partial charge in [-0.3, -0.25) is 10.1 Å². The third kappa shape index (κ3) is 2.58. The molecule has 1 aromatic heterocycles. The van der Waals surface area contributed by atoms with Crippen molar-refractivity contribution in [3.63, 3.8) is 0 Å². The number of rotatable bonds is 3. The van der Waals surface area contributed by atoms with Crippen LogP contribution in [-0.2, 0) is 10.0 Å². The van der Waals surface area contributed by atoms with Gasteiger partial charge >= 0.3 is 5.69 Å². The minimum Gasteiger partial charge on any atom is -0.385 e. The number of nitrogens with zero attached hydrogens (tertiary/aromatic N) is 2. The third-order valence-corrected chi connectivity index (χ3v) is 6.64. The predicted molar refractivity (Wildman–Crippen MR) is 72.6 cm³/mol. The molecule has 1 atom stereocenters. The molecule has 0 radical (unpaired) electrons. The molecule has 1 unspecified atom stereocenters. The van der Waals surface area contributed by atoms with Crippen molar-refractivity contribution in [2.24, 2.45) is 0 Å². The second-order valence-electron chi connectivity index (χ2n) is 4.53. The maximum absolute atomic E-state index is 12.4. The number of nitrogen functional groups attached to an aromatic ring is 1. The lowest BCUT2D eigenvalue weighted by atomic mass is 10.1. The van der Waals surface area contributed by atoms with Crippen LogP contribution in [0.3, 0.4) is 0 Å². The molecule has 7 nitrogen and oxygen atoms in total. The number of nitro groups is 1. The summed E-state index contributed by atoms with van der Waals surface area (Å²) in [6.45, 7) is 2.30. The average Bonchev–Trinajstić information content (AvgIpc) is 2.72. The molecule has 0 aliphatic carbocycles. The van der Waals surface area contributed by atoms with Gasteiger partial charge in [-0.2, -0.15) is 4.31 Å². The van der Waals surface area contributed by atoms with Crippen molar-refractivity contribution in [3.05, 3.63) is 16.2 Å². The molecule has 2 N–H and O–H groups in total. The standard InChI is InChI=1S/C10H15N3O4S2/c1-7-4-2-3-5-12(7)19(16,17)9-6-8(13(14)15)10(11)18-9/h6-7H,2-5,11H2,1H3. The third-order valence-electron chi connectivity index (χ3n) is 3.22. The summed E-state index contributed by atoms with van der Waals surface area (Å²) in [5.74, 6) is 0. The summed E-state index contributed by atoms with van der Waals surface area (Å²) in [6, 6.07) is 0.970. The van der Waals surface area contributed by atoms with E-state index < -0.39 is 14.9 Å². The summed E-state index contributed by atoms with van der Waals surface area (Å²) >= 11 is 0.752. The van der Waals surface area contributed by atoms with Crippen LogP contribution in [0.5, 0.6) is 0 Å². The van der Waals surface area contributed by atoms with E-state index in [0.29, 0.717) is 6.54 Å². The van der Waals surface area contributed by atoms with Gasteiger partial charge in [0.15, 0.2) is 5.00 Å². The van der Waals surface area contributed by atoms with Gasteiger partial charge in [0.05, 0.1) is 4.92 Å². The number of anilines is 1. The number of thiophene rings is 1. The van der Waals surface area contributed by atoms with Crippen molar-refractivity contribution >= 4 is 32.0 Å². The van der Waals surface area contributed by atoms with Crippen molar-refractivity contribution in [1.29, 1.82) is 0 Å². The Bertz CT molecular complexity index is 596. The minimum atomic E-state index is -3.68. The molecule has 9 heteroatoms. The fourth-order valence-electron chi connectivity index (χ4n) is 2.19. The van der Waals surface area contributed by atoms with Crippen LogP contribution in [0.15, 0.2) is 10.3 Å². The van der Waals surface area contributed by atoms with Gasteiger partial charge in [0.2, 0.25) is 0 Å². The highest BCUT2D eigenvalue weighted by molar-refractivity contribution is 7.91. The topological polar surface area (TPSA) is 107 Å². The molecule has 1 aliphatic heterocycles. The molecule has 0 bridgehead atoms. The summed E-state index contributed by atoms with van der Waals surface area (Å²) in [5.41, 5.74) is 5.16. The van der Waals surface area contributed by atoms with Gasteiger partial charge in [0, 0.05) is 18.7 Å². The smallest absolute Gasteiger partial charge is 0.304 e. The summed E-state index contributed by atoms with van der Waals surface area (Å²) in [5, 5.41) is 10.7. The fourth-order valence-corrected chi connectivity index (χ4v) is 5.23. The van der Waals surface area contributed by atoms with Gasteiger partial charge in [-0.1, -0.05) is 17.8 Å². The quantitative estimate of drug-likeness (QED) is 0.677. The number of hydrogen-bond donors (Lipinski definition) is 1. The Morgan fingerprint density at radius 3 is 2.74 bits per heavy atom. The lowest BCUT2D eigenvalue weighted by Crippen LogP contribution is -2.41. The highest BCUT2D eigenvalue weighted by Crippen LogP contribution is 2.37. The van der Waals surface area contributed by atoms with Crippen LogP contribution in [-0.4, -0.2) is 30.2 Å². The second-order valence-corrected chi connectivity index (χ2v) is 7.73. The first-order valence-electron chi connectivity index (χ1n) is 5.89. The molecular weight excluding hydrogens is 290 g/mol. The lowest BCUT2D eigenvalue weighted by molar-refractivity contribution is -0.383. The molecule has 0 saturated carbocycles. The molecule has 2 heterocycles. The van der Waals surface area contributed by atoms with Crippen LogP contribution in [0.25, 0.3) is 0 Å². The van der Waals surface area contributed by atoms with Gasteiger partial charge in [0.1, 0.15) is 4.21 Å². The van der Waals surface area contributed by atoms with E-state index in [1.54, 1.807) is 0 Å². The van der Waals surface area contributed by atoms with Gasteiger partial charge < -0.3 is 5.73 Å². The van der Waals surface area contributed by atoms with Gasteiger partial charge in [-0.25, -0.2) is 8.42 Å². The Balaban J connectivity index is 2.39. The van der Waals surface area contributed by atoms with Crippen LogP contribution in [0.4, 0.5) is 10.7 Å². The Morgan fingerprint density at radius 2 is 2.21 bits per heavy atom. The second kappa shape index (κ2) is 5.06. The van der Waals surface area contributed by atoms with E-state index in [9.17, 15) is 18.5 Å². The Morgan fingerprint density at radius 1 is 1.53 bits per heavy atom. The van der Waals surface area contributed by atoms with Crippen LogP contribution in [0.2, 0.25) is 0 Å². The Kier molecular flexibility index (Phi) is 3.79. The fraction of sp³-hybridized carbons (Fsp3) is 0.600. The molecule has 2 rings (SSSR count). The van der Waals surface area contributed by atoms with E-state index in [1.807, 2.05) is 6.92 Å². The highest BCUT2D eigenvalue weighted by atomic mass is 32.2. The summed E-state index contributed by atoms with van der Waals surface area (Å²) in [6.07, 6.45) is 2.62. The molecule has 1 aromatic rings. The summed E-state index contributed by atoms with van der Waals surface area (Å²) in [4.78, 5) is 10.1. The van der Waals surface area contributed by atoms with Gasteiger partial charge in [-0.15, -0.1) is 0 Å². The molecule has 1 aliphatic rings. The minimum absolute atomic E-state index is 0.0505. The number of piperidine rings is 1. The van der Waals surface area contributed by atoms with Crippen molar-refractivity contribution in [2.75, 3.05) is 12.3 Å². The normalized spacial score (nSPS) is 21.4. The van der Waals surface area contributed by atoms with Gasteiger partial charge in [0.25, 0.3) is 10.0 Å². The van der Waals surface area contributed by atoms with E-state index >= 15 is 0 Å². The first-order valence-corrected chi connectivity index (χ1v) is 8.15. The SMILES string of the molecule is CC1CCCCN1S(=O)(=O)c1cc([N+](=O)[O-])c(N)s1. The predicted octanol–water partition coefficient (Wildman–Crippen LogP) is 1.80. The first kappa shape index (κ1) is 14.2. The Labute approximate surface area is 115 Å². The number of hydrogen-bond acceptors (Lipinski definition) is 6. The first-order chi connectivity index (χ1) is 8.84. The summed E-state index contributed by atoms with van der Waals surface area (Å²) < 4.78 is 26.2. The van der Waals surface area contributed by atoms with Crippen LogP contribution in [0, 0.1) is 10.1 Å². The monoisotopic (exact) mass is 305 g/mol. The summed E-state index contributed by atoms with van der Waals surface area (Å²) in [7, 11) is -3.68. The van der Waals surface area contributed by atoms with Crippen LogP contribution >= 0.6 is 11.3 Å². The molecule has 106 valence electrons. The molecule has 0 amide bonds. The molecule has 19 heavy (non-hydrogen) atoms. The average molecular weight is 305 g/mol. The lowest BCUT2D eigenvalue weighted by Gasteiger charge is -2.31. The van der Waals surface area contributed by atoms with Crippen molar-refractivity contribution in [2.45, 2.75) is 36.4 Å². The van der Waals surface area contributed by atoms with E-state index in [1.165, 1.54) is 4.31 Å². The van der Waals surface area contributed by atoms with Crippen molar-refractivity contribution < 1.29 is 13.3 Å². The zero-order chi connectivity index (χ0) is 14.2. The van der Waals surface area contributed by atoms with E-state index in [0.717, 1.165) is 36.7 Å². The molecule has 1 saturated heterocycles. The van der Waals surface area contributed by atoms with Crippen LogP contribution < -0.4 is 5.73 Å². The molecular formula is C10H15N3O4S2. The zero-order valence-corrected chi connectivity index (χ0v) is 12.0. The maximum atomic E-state index is 12.4. The number of nitrogens with two attached hydrogens (primary N) is 1. The molecule has 0 spiro atoms.